The van der Waals surface area contributed by atoms with Crippen molar-refractivity contribution >= 4 is 43.1 Å². The third kappa shape index (κ3) is 3.48. The van der Waals surface area contributed by atoms with Crippen LogP contribution in [0.1, 0.15) is 12.8 Å². The molecular weight excluding hydrogens is 423 g/mol. The van der Waals surface area contributed by atoms with Crippen molar-refractivity contribution in [2.24, 2.45) is 7.05 Å². The lowest BCUT2D eigenvalue weighted by Crippen LogP contribution is -2.42. The van der Waals surface area contributed by atoms with Crippen LogP contribution in [0.25, 0.3) is 0 Å². The van der Waals surface area contributed by atoms with Gasteiger partial charge in [0, 0.05) is 25.2 Å². The fraction of sp³-hybridized carbons (Fsp3) is 0.429. The molecule has 12 heteroatoms. The Morgan fingerprint density at radius 2 is 1.77 bits per heavy atom. The second-order valence-electron chi connectivity index (χ2n) is 5.95. The van der Waals surface area contributed by atoms with Crippen LogP contribution >= 0.6 is 23.2 Å². The summed E-state index contributed by atoms with van der Waals surface area (Å²) in [4.78, 5) is -0.0822. The van der Waals surface area contributed by atoms with Crippen molar-refractivity contribution in [2.45, 2.75) is 28.1 Å². The molecule has 1 saturated heterocycles. The molecule has 1 aromatic carbocycles. The number of aryl methyl sites for hydroxylation is 1. The first kappa shape index (κ1) is 19.6. The van der Waals surface area contributed by atoms with Crippen LogP contribution in [0.4, 0.5) is 0 Å². The molecule has 0 aliphatic carbocycles. The lowest BCUT2D eigenvalue weighted by atomic mass is 10.2. The van der Waals surface area contributed by atoms with Gasteiger partial charge in [-0.05, 0) is 31.0 Å². The minimum absolute atomic E-state index is 0.0624. The van der Waals surface area contributed by atoms with Gasteiger partial charge in [0.1, 0.15) is 11.2 Å². The molecule has 0 radical (unpaired) electrons. The summed E-state index contributed by atoms with van der Waals surface area (Å²) in [5.41, 5.74) is 0. The smallest absolute Gasteiger partial charge is 0.249 e. The molecule has 0 bridgehead atoms. The van der Waals surface area contributed by atoms with Gasteiger partial charge in [0.15, 0.2) is 0 Å². The SMILES string of the molecule is Cn1cnnc1S(=O)(=O)C1CCN(S(=O)(=O)c2cc(Cl)ccc2Cl)CC1. The van der Waals surface area contributed by atoms with E-state index in [1.807, 2.05) is 0 Å². The van der Waals surface area contributed by atoms with Crippen molar-refractivity contribution in [1.29, 1.82) is 0 Å². The Morgan fingerprint density at radius 1 is 1.12 bits per heavy atom. The summed E-state index contributed by atoms with van der Waals surface area (Å²) in [6, 6.07) is 4.21. The molecule has 1 aromatic heterocycles. The third-order valence-corrected chi connectivity index (χ3v) is 9.12. The number of benzene rings is 1. The maximum Gasteiger partial charge on any atom is 0.249 e. The Hall–Kier alpha value is -1.20. The van der Waals surface area contributed by atoms with E-state index in [-0.39, 0.29) is 46.0 Å². The molecule has 26 heavy (non-hydrogen) atoms. The average molecular weight is 439 g/mol. The Bertz CT molecular complexity index is 1030. The summed E-state index contributed by atoms with van der Waals surface area (Å²) in [7, 11) is -5.99. The molecule has 8 nitrogen and oxygen atoms in total. The second-order valence-corrected chi connectivity index (χ2v) is 10.8. The molecule has 0 amide bonds. The van der Waals surface area contributed by atoms with E-state index in [0.717, 1.165) is 0 Å². The zero-order valence-corrected chi connectivity index (χ0v) is 16.9. The highest BCUT2D eigenvalue weighted by Gasteiger charge is 2.38. The number of sulfone groups is 1. The van der Waals surface area contributed by atoms with Crippen LogP contribution in [0.5, 0.6) is 0 Å². The van der Waals surface area contributed by atoms with Gasteiger partial charge >= 0.3 is 0 Å². The van der Waals surface area contributed by atoms with Crippen molar-refractivity contribution in [3.05, 3.63) is 34.6 Å². The summed E-state index contributed by atoms with van der Waals surface area (Å²) < 4.78 is 53.5. The van der Waals surface area contributed by atoms with Crippen molar-refractivity contribution in [2.75, 3.05) is 13.1 Å². The molecule has 1 aliphatic heterocycles. The molecule has 3 rings (SSSR count). The fourth-order valence-corrected chi connectivity index (χ4v) is 6.82. The second kappa shape index (κ2) is 7.08. The topological polar surface area (TPSA) is 102 Å². The summed E-state index contributed by atoms with van der Waals surface area (Å²) in [5, 5.41) is 6.75. The average Bonchev–Trinajstić information content (AvgIpc) is 3.04. The van der Waals surface area contributed by atoms with Crippen molar-refractivity contribution in [3.63, 3.8) is 0 Å². The van der Waals surface area contributed by atoms with Gasteiger partial charge < -0.3 is 4.57 Å². The minimum atomic E-state index is -3.86. The molecule has 142 valence electrons. The number of aromatic nitrogens is 3. The summed E-state index contributed by atoms with van der Waals surface area (Å²) in [6.07, 6.45) is 1.63. The van der Waals surface area contributed by atoms with Crippen molar-refractivity contribution in [1.82, 2.24) is 19.1 Å². The molecular formula is C14H16Cl2N4O4S2. The first-order valence-electron chi connectivity index (χ1n) is 7.67. The lowest BCUT2D eigenvalue weighted by Gasteiger charge is -2.30. The van der Waals surface area contributed by atoms with E-state index < -0.39 is 25.1 Å². The van der Waals surface area contributed by atoms with E-state index >= 15 is 0 Å². The summed E-state index contributed by atoms with van der Waals surface area (Å²) in [5.74, 6) is 0. The first-order valence-corrected chi connectivity index (χ1v) is 11.4. The molecule has 0 atom stereocenters. The number of sulfonamides is 1. The van der Waals surface area contributed by atoms with Crippen LogP contribution in [0.15, 0.2) is 34.6 Å². The predicted octanol–water partition coefficient (Wildman–Crippen LogP) is 1.75. The van der Waals surface area contributed by atoms with Crippen molar-refractivity contribution < 1.29 is 16.8 Å². The van der Waals surface area contributed by atoms with Gasteiger partial charge in [-0.2, -0.15) is 4.31 Å². The van der Waals surface area contributed by atoms with E-state index in [0.29, 0.717) is 0 Å². The van der Waals surface area contributed by atoms with Crippen LogP contribution < -0.4 is 0 Å². The molecule has 1 fully saturated rings. The standard InChI is InChI=1S/C14H16Cl2N4O4S2/c1-19-9-17-18-14(19)25(21,22)11-4-6-20(7-5-11)26(23,24)13-8-10(15)2-3-12(13)16/h2-3,8-9,11H,4-7H2,1H3. The largest absolute Gasteiger partial charge is 0.308 e. The number of halogens is 2. The summed E-state index contributed by atoms with van der Waals surface area (Å²) in [6.45, 7) is 0.125. The van der Waals surface area contributed by atoms with Gasteiger partial charge in [0.2, 0.25) is 25.0 Å². The van der Waals surface area contributed by atoms with E-state index in [4.69, 9.17) is 23.2 Å². The Labute approximate surface area is 161 Å². The predicted molar refractivity (Wildman–Crippen MR) is 96.4 cm³/mol. The summed E-state index contributed by atoms with van der Waals surface area (Å²) >= 11 is 11.9. The van der Waals surface area contributed by atoms with E-state index in [1.165, 1.54) is 33.4 Å². The molecule has 1 aliphatic rings. The number of rotatable bonds is 4. The van der Waals surface area contributed by atoms with Crippen LogP contribution in [-0.2, 0) is 26.9 Å². The van der Waals surface area contributed by atoms with Gasteiger partial charge in [-0.15, -0.1) is 10.2 Å². The van der Waals surface area contributed by atoms with Crippen LogP contribution in [0.3, 0.4) is 0 Å². The molecule has 2 heterocycles. The van der Waals surface area contributed by atoms with E-state index in [1.54, 1.807) is 7.05 Å². The van der Waals surface area contributed by atoms with Crippen LogP contribution in [-0.4, -0.2) is 54.2 Å². The molecule has 0 saturated carbocycles. The first-order chi connectivity index (χ1) is 12.1. The van der Waals surface area contributed by atoms with Gasteiger partial charge in [-0.3, -0.25) is 0 Å². The van der Waals surface area contributed by atoms with E-state index in [9.17, 15) is 16.8 Å². The highest BCUT2D eigenvalue weighted by molar-refractivity contribution is 7.92. The number of nitrogens with zero attached hydrogens (tertiary/aromatic N) is 4. The van der Waals surface area contributed by atoms with Crippen molar-refractivity contribution in [3.8, 4) is 0 Å². The lowest BCUT2D eigenvalue weighted by molar-refractivity contribution is 0.345. The third-order valence-electron chi connectivity index (χ3n) is 4.28. The number of piperidine rings is 1. The monoisotopic (exact) mass is 438 g/mol. The molecule has 0 spiro atoms. The fourth-order valence-electron chi connectivity index (χ4n) is 2.88. The molecule has 0 N–H and O–H groups in total. The maximum absolute atomic E-state index is 12.8. The normalized spacial score (nSPS) is 17.5. The zero-order chi connectivity index (χ0) is 19.1. The minimum Gasteiger partial charge on any atom is -0.308 e. The van der Waals surface area contributed by atoms with Gasteiger partial charge in [-0.1, -0.05) is 23.2 Å². The molecule has 0 unspecified atom stereocenters. The van der Waals surface area contributed by atoms with E-state index in [2.05, 4.69) is 10.2 Å². The highest BCUT2D eigenvalue weighted by atomic mass is 35.5. The Balaban J connectivity index is 1.80. The van der Waals surface area contributed by atoms with Crippen LogP contribution in [0, 0.1) is 0 Å². The van der Waals surface area contributed by atoms with Gasteiger partial charge in [-0.25, -0.2) is 16.8 Å². The van der Waals surface area contributed by atoms with Gasteiger partial charge in [0.25, 0.3) is 0 Å². The Morgan fingerprint density at radius 3 is 2.35 bits per heavy atom. The molecule has 2 aromatic rings. The number of hydrogen-bond donors (Lipinski definition) is 0. The maximum atomic E-state index is 12.8. The Kier molecular flexibility index (Phi) is 5.33. The zero-order valence-electron chi connectivity index (χ0n) is 13.7. The highest BCUT2D eigenvalue weighted by Crippen LogP contribution is 2.31. The quantitative estimate of drug-likeness (QED) is 0.719. The van der Waals surface area contributed by atoms with Gasteiger partial charge in [0.05, 0.1) is 10.3 Å². The van der Waals surface area contributed by atoms with Crippen LogP contribution in [0.2, 0.25) is 10.0 Å². The number of hydrogen-bond acceptors (Lipinski definition) is 6.